The Bertz CT molecular complexity index is 957. The van der Waals surface area contributed by atoms with E-state index in [1.54, 1.807) is 30.3 Å². The molecule has 0 saturated carbocycles. The number of fused-ring (bicyclic) bond motifs is 1. The van der Waals surface area contributed by atoms with Gasteiger partial charge in [-0.3, -0.25) is 9.03 Å². The minimum atomic E-state index is -3.82. The molecule has 7 nitrogen and oxygen atoms in total. The fraction of sp³-hybridized carbons (Fsp3) is 0.267. The number of nitrogens with one attached hydrogen (secondary N) is 1. The largest absolute Gasteiger partial charge is 0.279 e. The topological polar surface area (TPSA) is 96.4 Å². The number of anilines is 2. The second kappa shape index (κ2) is 6.06. The van der Waals surface area contributed by atoms with Gasteiger partial charge in [0.1, 0.15) is 0 Å². The fourth-order valence-electron chi connectivity index (χ4n) is 2.66. The number of hydrogen-bond donors (Lipinski definition) is 1. The van der Waals surface area contributed by atoms with Gasteiger partial charge >= 0.3 is 0 Å². The van der Waals surface area contributed by atoms with E-state index in [2.05, 4.69) is 9.71 Å². The molecule has 9 heteroatoms. The molecular formula is C15H17N3O4S2. The number of sulfonamides is 2. The Morgan fingerprint density at radius 1 is 1.12 bits per heavy atom. The second-order valence-corrected chi connectivity index (χ2v) is 9.09. The summed E-state index contributed by atoms with van der Waals surface area (Å²) in [7, 11) is -7.23. The molecule has 0 saturated heterocycles. The summed E-state index contributed by atoms with van der Waals surface area (Å²) in [5.74, 6) is 0. The minimum absolute atomic E-state index is 0.0947. The van der Waals surface area contributed by atoms with E-state index in [-0.39, 0.29) is 5.03 Å². The second-order valence-electron chi connectivity index (χ2n) is 5.56. The molecule has 0 fully saturated rings. The highest BCUT2D eigenvalue weighted by molar-refractivity contribution is 7.92. The van der Waals surface area contributed by atoms with Crippen molar-refractivity contribution in [2.24, 2.45) is 0 Å². The van der Waals surface area contributed by atoms with Crippen LogP contribution in [-0.4, -0.2) is 34.6 Å². The van der Waals surface area contributed by atoms with E-state index in [9.17, 15) is 16.8 Å². The molecule has 1 N–H and O–H groups in total. The van der Waals surface area contributed by atoms with Gasteiger partial charge in [0.25, 0.3) is 10.0 Å². The Labute approximate surface area is 141 Å². The Balaban J connectivity index is 1.97. The Kier molecular flexibility index (Phi) is 4.22. The highest BCUT2D eigenvalue weighted by Gasteiger charge is 2.25. The fourth-order valence-corrected chi connectivity index (χ4v) is 4.65. The van der Waals surface area contributed by atoms with Gasteiger partial charge in [-0.2, -0.15) is 8.42 Å². The molecule has 3 rings (SSSR count). The molecule has 0 radical (unpaired) electrons. The van der Waals surface area contributed by atoms with Crippen molar-refractivity contribution in [1.82, 2.24) is 4.98 Å². The molecule has 2 aromatic rings. The number of nitrogens with zero attached hydrogens (tertiary/aromatic N) is 2. The summed E-state index contributed by atoms with van der Waals surface area (Å²) in [6.07, 6.45) is 4.04. The summed E-state index contributed by atoms with van der Waals surface area (Å²) in [6, 6.07) is 9.54. The van der Waals surface area contributed by atoms with Gasteiger partial charge in [-0.25, -0.2) is 13.4 Å². The van der Waals surface area contributed by atoms with Crippen LogP contribution in [0.2, 0.25) is 0 Å². The molecule has 1 aliphatic heterocycles. The van der Waals surface area contributed by atoms with Crippen LogP contribution < -0.4 is 9.03 Å². The molecule has 1 aliphatic rings. The van der Waals surface area contributed by atoms with Crippen molar-refractivity contribution in [3.8, 4) is 0 Å². The normalized spacial score (nSPS) is 15.0. The van der Waals surface area contributed by atoms with Gasteiger partial charge in [-0.1, -0.05) is 12.1 Å². The monoisotopic (exact) mass is 367 g/mol. The van der Waals surface area contributed by atoms with Gasteiger partial charge in [0.2, 0.25) is 10.0 Å². The zero-order chi connectivity index (χ0) is 17.4. The Morgan fingerprint density at radius 2 is 1.92 bits per heavy atom. The van der Waals surface area contributed by atoms with Crippen molar-refractivity contribution in [3.63, 3.8) is 0 Å². The summed E-state index contributed by atoms with van der Waals surface area (Å²) < 4.78 is 52.3. The average Bonchev–Trinajstić information content (AvgIpc) is 2.54. The van der Waals surface area contributed by atoms with Gasteiger partial charge < -0.3 is 0 Å². The van der Waals surface area contributed by atoms with E-state index in [0.29, 0.717) is 17.9 Å². The SMILES string of the molecule is CS(=O)(=O)N1CCCc2ccc(NS(=O)(=O)c3ccccn3)cc21. The Hall–Kier alpha value is -2.13. The van der Waals surface area contributed by atoms with Crippen LogP contribution in [-0.2, 0) is 26.5 Å². The number of hydrogen-bond acceptors (Lipinski definition) is 5. The third-order valence-corrected chi connectivity index (χ3v) is 6.20. The lowest BCUT2D eigenvalue weighted by atomic mass is 10.0. The van der Waals surface area contributed by atoms with Gasteiger partial charge in [-0.15, -0.1) is 0 Å². The van der Waals surface area contributed by atoms with Crippen molar-refractivity contribution >= 4 is 31.4 Å². The molecule has 24 heavy (non-hydrogen) atoms. The lowest BCUT2D eigenvalue weighted by molar-refractivity contribution is 0.592. The predicted molar refractivity (Wildman–Crippen MR) is 92.0 cm³/mol. The number of aromatic nitrogens is 1. The Morgan fingerprint density at radius 3 is 2.58 bits per heavy atom. The van der Waals surface area contributed by atoms with Gasteiger partial charge in [-0.05, 0) is 42.7 Å². The zero-order valence-electron chi connectivity index (χ0n) is 13.0. The molecule has 1 aromatic carbocycles. The molecule has 0 amide bonds. The summed E-state index contributed by atoms with van der Waals surface area (Å²) in [6.45, 7) is 0.391. The third kappa shape index (κ3) is 3.36. The lowest BCUT2D eigenvalue weighted by Gasteiger charge is -2.29. The summed E-state index contributed by atoms with van der Waals surface area (Å²) >= 11 is 0. The first kappa shape index (κ1) is 16.7. The first-order chi connectivity index (χ1) is 11.3. The molecule has 0 atom stereocenters. The van der Waals surface area contributed by atoms with E-state index < -0.39 is 20.0 Å². The van der Waals surface area contributed by atoms with E-state index in [4.69, 9.17) is 0 Å². The number of rotatable bonds is 4. The van der Waals surface area contributed by atoms with Crippen molar-refractivity contribution in [2.45, 2.75) is 17.9 Å². The summed E-state index contributed by atoms with van der Waals surface area (Å²) in [4.78, 5) is 3.83. The number of pyridine rings is 1. The first-order valence-electron chi connectivity index (χ1n) is 7.32. The van der Waals surface area contributed by atoms with Crippen molar-refractivity contribution in [3.05, 3.63) is 48.2 Å². The van der Waals surface area contributed by atoms with Crippen LogP contribution in [0.15, 0.2) is 47.6 Å². The van der Waals surface area contributed by atoms with E-state index in [0.717, 1.165) is 24.7 Å². The summed E-state index contributed by atoms with van der Waals surface area (Å²) in [5.41, 5.74) is 1.70. The van der Waals surface area contributed by atoms with Crippen LogP contribution in [0.3, 0.4) is 0 Å². The molecule has 0 aliphatic carbocycles. The van der Waals surface area contributed by atoms with E-state index in [1.165, 1.54) is 16.6 Å². The molecule has 2 heterocycles. The molecule has 0 spiro atoms. The standard InChI is InChI=1S/C15H17N3O4S2/c1-23(19,20)18-10-4-5-12-7-8-13(11-14(12)18)17-24(21,22)15-6-2-3-9-16-15/h2-3,6-9,11,17H,4-5,10H2,1H3. The quantitative estimate of drug-likeness (QED) is 0.885. The maximum absolute atomic E-state index is 12.3. The van der Waals surface area contributed by atoms with Crippen molar-refractivity contribution in [1.29, 1.82) is 0 Å². The smallest absolute Gasteiger partial charge is 0.278 e. The number of benzene rings is 1. The first-order valence-corrected chi connectivity index (χ1v) is 10.6. The van der Waals surface area contributed by atoms with Crippen LogP contribution in [0.1, 0.15) is 12.0 Å². The van der Waals surface area contributed by atoms with Gasteiger partial charge in [0, 0.05) is 12.7 Å². The molecule has 1 aromatic heterocycles. The van der Waals surface area contributed by atoms with Crippen LogP contribution in [0.25, 0.3) is 0 Å². The number of aryl methyl sites for hydroxylation is 1. The van der Waals surface area contributed by atoms with E-state index in [1.807, 2.05) is 0 Å². The van der Waals surface area contributed by atoms with Gasteiger partial charge in [0.05, 0.1) is 17.6 Å². The van der Waals surface area contributed by atoms with Crippen molar-refractivity contribution < 1.29 is 16.8 Å². The molecule has 128 valence electrons. The zero-order valence-corrected chi connectivity index (χ0v) is 14.6. The maximum atomic E-state index is 12.3. The van der Waals surface area contributed by atoms with Crippen LogP contribution in [0.5, 0.6) is 0 Å². The lowest BCUT2D eigenvalue weighted by Crippen LogP contribution is -2.34. The molecule has 0 bridgehead atoms. The van der Waals surface area contributed by atoms with Crippen molar-refractivity contribution in [2.75, 3.05) is 21.8 Å². The average molecular weight is 367 g/mol. The van der Waals surface area contributed by atoms with Crippen LogP contribution in [0.4, 0.5) is 11.4 Å². The maximum Gasteiger partial charge on any atom is 0.279 e. The molecule has 0 unspecified atom stereocenters. The minimum Gasteiger partial charge on any atom is -0.278 e. The van der Waals surface area contributed by atoms with E-state index >= 15 is 0 Å². The van der Waals surface area contributed by atoms with Crippen LogP contribution in [0, 0.1) is 0 Å². The predicted octanol–water partition coefficient (Wildman–Crippen LogP) is 1.59. The van der Waals surface area contributed by atoms with Gasteiger partial charge in [0.15, 0.2) is 5.03 Å². The third-order valence-electron chi connectivity index (χ3n) is 3.73. The molecular weight excluding hydrogens is 350 g/mol. The van der Waals surface area contributed by atoms with Crippen LogP contribution >= 0.6 is 0 Å². The highest BCUT2D eigenvalue weighted by atomic mass is 32.2. The highest BCUT2D eigenvalue weighted by Crippen LogP contribution is 2.32. The summed E-state index contributed by atoms with van der Waals surface area (Å²) in [5, 5.41) is -0.0947.